The Balaban J connectivity index is 1.49. The van der Waals surface area contributed by atoms with Gasteiger partial charge in [0.1, 0.15) is 11.8 Å². The zero-order valence-corrected chi connectivity index (χ0v) is 16.9. The van der Waals surface area contributed by atoms with Crippen molar-refractivity contribution in [3.63, 3.8) is 0 Å². The van der Waals surface area contributed by atoms with Crippen molar-refractivity contribution in [3.8, 4) is 5.75 Å². The lowest BCUT2D eigenvalue weighted by Gasteiger charge is -2.48. The Morgan fingerprint density at radius 1 is 1.14 bits per heavy atom. The molecule has 7 heteroatoms. The topological polar surface area (TPSA) is 76.1 Å². The lowest BCUT2D eigenvalue weighted by molar-refractivity contribution is -0.136. The van der Waals surface area contributed by atoms with E-state index in [0.717, 1.165) is 37.3 Å². The Bertz CT molecular complexity index is 765. The second-order valence-electron chi connectivity index (χ2n) is 7.78. The van der Waals surface area contributed by atoms with Gasteiger partial charge in [0.05, 0.1) is 5.69 Å². The Hall–Kier alpha value is -2.54. The van der Waals surface area contributed by atoms with Gasteiger partial charge in [0.25, 0.3) is 0 Å². The Morgan fingerprint density at radius 3 is 2.36 bits per heavy atom. The van der Waals surface area contributed by atoms with Gasteiger partial charge < -0.3 is 20.2 Å². The maximum Gasteiger partial charge on any atom is 0.246 e. The van der Waals surface area contributed by atoms with E-state index in [-0.39, 0.29) is 17.6 Å². The molecule has 2 heterocycles. The first-order valence-corrected chi connectivity index (χ1v) is 9.81. The zero-order chi connectivity index (χ0) is 20.4. The highest BCUT2D eigenvalue weighted by Crippen LogP contribution is 2.27. The number of anilines is 1. The summed E-state index contributed by atoms with van der Waals surface area (Å²) < 4.78 is 0. The van der Waals surface area contributed by atoms with Crippen LogP contribution < -0.4 is 5.32 Å². The van der Waals surface area contributed by atoms with Crippen molar-refractivity contribution in [2.45, 2.75) is 32.9 Å². The molecule has 1 aromatic carbocycles. The summed E-state index contributed by atoms with van der Waals surface area (Å²) >= 11 is 0. The van der Waals surface area contributed by atoms with Crippen LogP contribution in [-0.2, 0) is 9.59 Å². The number of carbonyl (C=O) groups is 2. The maximum absolute atomic E-state index is 12.8. The monoisotopic (exact) mass is 386 g/mol. The summed E-state index contributed by atoms with van der Waals surface area (Å²) in [5, 5.41) is 13.3. The van der Waals surface area contributed by atoms with E-state index >= 15 is 0 Å². The van der Waals surface area contributed by atoms with Crippen LogP contribution in [0, 0.1) is 13.8 Å². The zero-order valence-electron chi connectivity index (χ0n) is 16.9. The van der Waals surface area contributed by atoms with Crippen LogP contribution in [-0.4, -0.2) is 83.0 Å². The summed E-state index contributed by atoms with van der Waals surface area (Å²) in [6, 6.07) is 3.56. The van der Waals surface area contributed by atoms with E-state index < -0.39 is 6.04 Å². The Morgan fingerprint density at radius 2 is 1.75 bits per heavy atom. The molecular weight excluding hydrogens is 356 g/mol. The molecule has 152 valence electrons. The summed E-state index contributed by atoms with van der Waals surface area (Å²) in [6.07, 6.45) is 1.36. The first-order chi connectivity index (χ1) is 13.3. The third kappa shape index (κ3) is 4.14. The maximum atomic E-state index is 12.8. The third-order valence-corrected chi connectivity index (χ3v) is 5.85. The van der Waals surface area contributed by atoms with Crippen LogP contribution in [0.25, 0.3) is 0 Å². The number of piperazine rings is 1. The number of hydrogen-bond acceptors (Lipinski definition) is 5. The molecule has 1 atom stereocenters. The molecule has 1 unspecified atom stereocenters. The second-order valence-corrected chi connectivity index (χ2v) is 7.78. The van der Waals surface area contributed by atoms with E-state index in [2.05, 4.69) is 16.8 Å². The van der Waals surface area contributed by atoms with Crippen molar-refractivity contribution >= 4 is 17.5 Å². The number of amides is 2. The third-order valence-electron chi connectivity index (χ3n) is 5.85. The van der Waals surface area contributed by atoms with Crippen molar-refractivity contribution in [1.29, 1.82) is 0 Å². The van der Waals surface area contributed by atoms with Gasteiger partial charge in [-0.2, -0.15) is 0 Å². The fourth-order valence-corrected chi connectivity index (χ4v) is 3.79. The van der Waals surface area contributed by atoms with Crippen LogP contribution in [0.3, 0.4) is 0 Å². The summed E-state index contributed by atoms with van der Waals surface area (Å²) in [5.41, 5.74) is 2.67. The van der Waals surface area contributed by atoms with Gasteiger partial charge in [-0.15, -0.1) is 0 Å². The predicted octanol–water partition coefficient (Wildman–Crippen LogP) is 1.35. The fourth-order valence-electron chi connectivity index (χ4n) is 3.79. The minimum atomic E-state index is -0.413. The molecule has 0 radical (unpaired) electrons. The fraction of sp³-hybridized carbons (Fsp3) is 0.524. The number of benzene rings is 1. The Kier molecular flexibility index (Phi) is 5.93. The number of hydrogen-bond donors (Lipinski definition) is 2. The normalized spacial score (nSPS) is 19.1. The molecule has 2 aliphatic rings. The molecule has 2 amide bonds. The van der Waals surface area contributed by atoms with Crippen molar-refractivity contribution in [1.82, 2.24) is 14.7 Å². The van der Waals surface area contributed by atoms with E-state index in [1.54, 1.807) is 11.0 Å². The van der Waals surface area contributed by atoms with Gasteiger partial charge in [-0.3, -0.25) is 14.5 Å². The molecule has 2 fully saturated rings. The summed E-state index contributed by atoms with van der Waals surface area (Å²) in [7, 11) is 0. The molecule has 28 heavy (non-hydrogen) atoms. The van der Waals surface area contributed by atoms with Crippen LogP contribution >= 0.6 is 0 Å². The standard InChI is InChI=1S/C21H30N4O3/c1-5-20(27)25-12-17(13-25)23-6-8-24(9-7-23)21(28)16(4)22-18-10-14(2)15(3)11-19(18)26/h5,10-11,16-17,22,26H,1,6-9,12-13H2,2-4H3. The number of rotatable bonds is 5. The van der Waals surface area contributed by atoms with E-state index in [1.165, 1.54) is 6.08 Å². The Labute approximate surface area is 166 Å². The molecular formula is C21H30N4O3. The first-order valence-electron chi connectivity index (χ1n) is 9.81. The highest BCUT2D eigenvalue weighted by Gasteiger charge is 2.36. The van der Waals surface area contributed by atoms with E-state index in [0.29, 0.717) is 24.8 Å². The lowest BCUT2D eigenvalue weighted by atomic mass is 10.1. The number of nitrogens with one attached hydrogen (secondary N) is 1. The van der Waals surface area contributed by atoms with Crippen molar-refractivity contribution in [3.05, 3.63) is 35.9 Å². The average molecular weight is 386 g/mol. The molecule has 0 bridgehead atoms. The largest absolute Gasteiger partial charge is 0.506 e. The van der Waals surface area contributed by atoms with Crippen molar-refractivity contribution in [2.75, 3.05) is 44.6 Å². The molecule has 2 N–H and O–H groups in total. The highest BCUT2D eigenvalue weighted by atomic mass is 16.3. The van der Waals surface area contributed by atoms with Gasteiger partial charge in [-0.1, -0.05) is 6.58 Å². The minimum absolute atomic E-state index is 0.0143. The minimum Gasteiger partial charge on any atom is -0.506 e. The number of carbonyl (C=O) groups excluding carboxylic acids is 2. The molecule has 3 rings (SSSR count). The molecule has 0 spiro atoms. The smallest absolute Gasteiger partial charge is 0.246 e. The highest BCUT2D eigenvalue weighted by molar-refractivity contribution is 5.87. The molecule has 7 nitrogen and oxygen atoms in total. The SMILES string of the molecule is C=CC(=O)N1CC(N2CCN(C(=O)C(C)Nc3cc(C)c(C)cc3O)CC2)C1. The van der Waals surface area contributed by atoms with Gasteiger partial charge in [-0.05, 0) is 50.1 Å². The van der Waals surface area contributed by atoms with Crippen LogP contribution in [0.1, 0.15) is 18.1 Å². The quantitative estimate of drug-likeness (QED) is 0.590. The summed E-state index contributed by atoms with van der Waals surface area (Å²) in [6.45, 7) is 13.7. The number of nitrogens with zero attached hydrogens (tertiary/aromatic N) is 3. The molecule has 1 aromatic rings. The predicted molar refractivity (Wildman–Crippen MR) is 109 cm³/mol. The van der Waals surface area contributed by atoms with Crippen LogP contribution in [0.5, 0.6) is 5.75 Å². The average Bonchev–Trinajstić information content (AvgIpc) is 2.64. The molecule has 0 saturated carbocycles. The molecule has 0 aliphatic carbocycles. The van der Waals surface area contributed by atoms with Gasteiger partial charge in [0.2, 0.25) is 11.8 Å². The molecule has 0 aromatic heterocycles. The number of phenolic OH excluding ortho intramolecular Hbond substituents is 1. The molecule has 2 aliphatic heterocycles. The van der Waals surface area contributed by atoms with Crippen molar-refractivity contribution < 1.29 is 14.7 Å². The second kappa shape index (κ2) is 8.22. The summed E-state index contributed by atoms with van der Waals surface area (Å²) in [4.78, 5) is 30.4. The molecule has 2 saturated heterocycles. The number of aromatic hydroxyl groups is 1. The number of phenols is 1. The summed E-state index contributed by atoms with van der Waals surface area (Å²) in [5.74, 6) is 0.185. The van der Waals surface area contributed by atoms with Gasteiger partial charge in [0.15, 0.2) is 0 Å². The van der Waals surface area contributed by atoms with Gasteiger partial charge in [-0.25, -0.2) is 0 Å². The van der Waals surface area contributed by atoms with E-state index in [9.17, 15) is 14.7 Å². The van der Waals surface area contributed by atoms with Gasteiger partial charge >= 0.3 is 0 Å². The van der Waals surface area contributed by atoms with E-state index in [4.69, 9.17) is 0 Å². The number of aryl methyl sites for hydroxylation is 2. The lowest BCUT2D eigenvalue weighted by Crippen LogP contribution is -2.64. The van der Waals surface area contributed by atoms with E-state index in [1.807, 2.05) is 31.7 Å². The van der Waals surface area contributed by atoms with Gasteiger partial charge in [0, 0.05) is 45.3 Å². The number of likely N-dealkylation sites (tertiary alicyclic amines) is 1. The van der Waals surface area contributed by atoms with Crippen molar-refractivity contribution in [2.24, 2.45) is 0 Å². The van der Waals surface area contributed by atoms with Crippen LogP contribution in [0.2, 0.25) is 0 Å². The van der Waals surface area contributed by atoms with Crippen LogP contribution in [0.4, 0.5) is 5.69 Å². The first kappa shape index (κ1) is 20.2. The van der Waals surface area contributed by atoms with Crippen LogP contribution in [0.15, 0.2) is 24.8 Å².